The van der Waals surface area contributed by atoms with Crippen LogP contribution in [0.3, 0.4) is 0 Å². The second kappa shape index (κ2) is 16.8. The summed E-state index contributed by atoms with van der Waals surface area (Å²) in [4.78, 5) is 29.1. The number of nitrogens with zero attached hydrogens (tertiary/aromatic N) is 5. The highest BCUT2D eigenvalue weighted by atomic mass is 35.5. The fourth-order valence-electron chi connectivity index (χ4n) is 5.44. The molecule has 0 unspecified atom stereocenters. The number of thiocarbonyl (C=S) groups is 1. The number of rotatable bonds is 13. The molecule has 6 rings (SSSR count). The molecule has 1 fully saturated rings. The Hall–Kier alpha value is -4.33. The van der Waals surface area contributed by atoms with Crippen molar-refractivity contribution in [3.8, 4) is 5.69 Å². The number of anilines is 3. The Labute approximate surface area is 320 Å². The molecule has 2 N–H and O–H groups in total. The molecule has 1 aliphatic heterocycles. The van der Waals surface area contributed by atoms with E-state index in [2.05, 4.69) is 39.7 Å². The largest absolute Gasteiger partial charge is 0.372 e. The minimum atomic E-state index is -0.406. The van der Waals surface area contributed by atoms with E-state index in [0.717, 1.165) is 58.0 Å². The number of para-hydroxylation sites is 3. The van der Waals surface area contributed by atoms with Gasteiger partial charge in [0.15, 0.2) is 9.48 Å². The third-order valence-electron chi connectivity index (χ3n) is 7.99. The van der Waals surface area contributed by atoms with Crippen molar-refractivity contribution in [2.45, 2.75) is 25.4 Å². The number of nitrogens with one attached hydrogen (secondary N) is 2. The molecule has 1 saturated heterocycles. The van der Waals surface area contributed by atoms with Gasteiger partial charge in [0.05, 0.1) is 26.4 Å². The van der Waals surface area contributed by atoms with Crippen LogP contribution in [0.1, 0.15) is 30.8 Å². The Morgan fingerprint density at radius 1 is 0.922 bits per heavy atom. The SMILES string of the molecule is CCN(CC)c1ccc(/C=C2\SC(=S)N(NC(=O)CSc3nnc(Cc4ccccc4Nc4c(Cl)cccc4Cl)n3-c3ccccc3)C2=O)cc1. The Bertz CT molecular complexity index is 2070. The predicted molar refractivity (Wildman–Crippen MR) is 214 cm³/mol. The number of hydrogen-bond donors (Lipinski definition) is 2. The minimum Gasteiger partial charge on any atom is -0.372 e. The standard InChI is InChI=1S/C37H33Cl2N7O2S3/c1-3-44(4-2)26-19-17-24(18-20-26)21-31-35(48)46(37(49)51-31)43-33(47)23-50-36-42-41-32(45(36)27-12-6-5-7-13-27)22-25-11-8-9-16-30(25)40-34-28(38)14-10-15-29(34)39/h5-21,40H,3-4,22-23H2,1-2H3,(H,43,47)/b31-21-. The first-order chi connectivity index (χ1) is 24.7. The lowest BCUT2D eigenvalue weighted by Crippen LogP contribution is -2.45. The summed E-state index contributed by atoms with van der Waals surface area (Å²) < 4.78 is 2.18. The molecule has 2 amide bonds. The molecule has 0 saturated carbocycles. The van der Waals surface area contributed by atoms with Crippen LogP contribution >= 0.6 is 58.9 Å². The second-order valence-corrected chi connectivity index (χ2v) is 14.7. The zero-order chi connectivity index (χ0) is 35.9. The third kappa shape index (κ3) is 8.59. The molecule has 0 radical (unpaired) electrons. The first-order valence-corrected chi connectivity index (χ1v) is 19.1. The summed E-state index contributed by atoms with van der Waals surface area (Å²) in [5.74, 6) is -0.152. The Morgan fingerprint density at radius 2 is 1.61 bits per heavy atom. The Balaban J connectivity index is 1.15. The highest BCUT2D eigenvalue weighted by molar-refractivity contribution is 8.26. The number of hydrazine groups is 1. The highest BCUT2D eigenvalue weighted by Crippen LogP contribution is 2.35. The number of halogens is 2. The number of carbonyl (C=O) groups is 2. The summed E-state index contributed by atoms with van der Waals surface area (Å²) >= 11 is 20.7. The first-order valence-electron chi connectivity index (χ1n) is 16.1. The summed E-state index contributed by atoms with van der Waals surface area (Å²) in [6, 6.07) is 30.9. The Kier molecular flexibility index (Phi) is 12.0. The number of thioether (sulfide) groups is 2. The first kappa shape index (κ1) is 36.5. The van der Waals surface area contributed by atoms with Crippen molar-refractivity contribution < 1.29 is 9.59 Å². The van der Waals surface area contributed by atoms with Crippen molar-refractivity contribution in [1.82, 2.24) is 25.2 Å². The van der Waals surface area contributed by atoms with Crippen LogP contribution in [0, 0.1) is 0 Å². The van der Waals surface area contributed by atoms with Gasteiger partial charge in [-0.2, -0.15) is 5.01 Å². The average Bonchev–Trinajstić information content (AvgIpc) is 3.66. The highest BCUT2D eigenvalue weighted by Gasteiger charge is 2.33. The second-order valence-electron chi connectivity index (χ2n) is 11.2. The minimum absolute atomic E-state index is 0.0307. The molecule has 1 aliphatic rings. The molecule has 0 aliphatic carbocycles. The van der Waals surface area contributed by atoms with E-state index in [1.807, 2.05) is 83.4 Å². The van der Waals surface area contributed by atoms with Crippen LogP contribution in [0.2, 0.25) is 10.0 Å². The van der Waals surface area contributed by atoms with E-state index in [9.17, 15) is 9.59 Å². The molecule has 9 nitrogen and oxygen atoms in total. The van der Waals surface area contributed by atoms with Gasteiger partial charge in [-0.25, -0.2) is 0 Å². The van der Waals surface area contributed by atoms with Crippen LogP contribution < -0.4 is 15.6 Å². The van der Waals surface area contributed by atoms with Gasteiger partial charge in [0.25, 0.3) is 5.91 Å². The van der Waals surface area contributed by atoms with Crippen LogP contribution in [0.4, 0.5) is 17.1 Å². The Morgan fingerprint density at radius 3 is 2.31 bits per heavy atom. The van der Waals surface area contributed by atoms with E-state index < -0.39 is 5.91 Å². The van der Waals surface area contributed by atoms with Gasteiger partial charge < -0.3 is 10.2 Å². The number of benzene rings is 4. The normalized spacial score (nSPS) is 13.6. The molecule has 260 valence electrons. The molecule has 0 bridgehead atoms. The van der Waals surface area contributed by atoms with Gasteiger partial charge in [0, 0.05) is 36.6 Å². The van der Waals surface area contributed by atoms with E-state index in [4.69, 9.17) is 35.4 Å². The van der Waals surface area contributed by atoms with Crippen molar-refractivity contribution in [2.24, 2.45) is 0 Å². The fraction of sp³-hybridized carbons (Fsp3) is 0.162. The molecule has 51 heavy (non-hydrogen) atoms. The van der Waals surface area contributed by atoms with E-state index in [0.29, 0.717) is 38.0 Å². The zero-order valence-electron chi connectivity index (χ0n) is 27.7. The maximum absolute atomic E-state index is 13.3. The van der Waals surface area contributed by atoms with Crippen molar-refractivity contribution in [3.63, 3.8) is 0 Å². The summed E-state index contributed by atoms with van der Waals surface area (Å²) in [5, 5.41) is 15.0. The van der Waals surface area contributed by atoms with Crippen LogP contribution in [0.15, 0.2) is 107 Å². The lowest BCUT2D eigenvalue weighted by molar-refractivity contribution is -0.131. The lowest BCUT2D eigenvalue weighted by atomic mass is 10.1. The summed E-state index contributed by atoms with van der Waals surface area (Å²) in [6.07, 6.45) is 2.20. The van der Waals surface area contributed by atoms with Gasteiger partial charge in [-0.05, 0) is 85.7 Å². The fourth-order valence-corrected chi connectivity index (χ4v) is 7.87. The molecule has 5 aromatic rings. The molecule has 2 heterocycles. The van der Waals surface area contributed by atoms with Crippen molar-refractivity contribution >= 4 is 98.2 Å². The van der Waals surface area contributed by atoms with Crippen molar-refractivity contribution in [3.05, 3.63) is 129 Å². The smallest absolute Gasteiger partial charge is 0.285 e. The number of carbonyl (C=O) groups excluding carboxylic acids is 2. The number of aromatic nitrogens is 3. The van der Waals surface area contributed by atoms with E-state index >= 15 is 0 Å². The molecule has 14 heteroatoms. The maximum atomic E-state index is 13.3. The molecule has 1 aromatic heterocycles. The summed E-state index contributed by atoms with van der Waals surface area (Å²) in [5.41, 5.74) is 7.87. The summed E-state index contributed by atoms with van der Waals surface area (Å²) in [7, 11) is 0. The zero-order valence-corrected chi connectivity index (χ0v) is 31.6. The molecular weight excluding hydrogens is 742 g/mol. The topological polar surface area (TPSA) is 95.4 Å². The lowest BCUT2D eigenvalue weighted by Gasteiger charge is -2.20. The molecule has 4 aromatic carbocycles. The monoisotopic (exact) mass is 773 g/mol. The van der Waals surface area contributed by atoms with Gasteiger partial charge in [-0.15, -0.1) is 10.2 Å². The van der Waals surface area contributed by atoms with Gasteiger partial charge in [0.2, 0.25) is 5.91 Å². The van der Waals surface area contributed by atoms with Crippen LogP contribution in [0.5, 0.6) is 0 Å². The quantitative estimate of drug-likeness (QED) is 0.0692. The van der Waals surface area contributed by atoms with Crippen LogP contribution in [-0.4, -0.2) is 54.8 Å². The molecule has 0 atom stereocenters. The van der Waals surface area contributed by atoms with Gasteiger partial charge in [0.1, 0.15) is 5.82 Å². The van der Waals surface area contributed by atoms with Crippen LogP contribution in [-0.2, 0) is 16.0 Å². The van der Waals surface area contributed by atoms with E-state index in [1.165, 1.54) is 11.8 Å². The van der Waals surface area contributed by atoms with Crippen LogP contribution in [0.25, 0.3) is 11.8 Å². The van der Waals surface area contributed by atoms with E-state index in [1.54, 1.807) is 24.3 Å². The van der Waals surface area contributed by atoms with Crippen molar-refractivity contribution in [2.75, 3.05) is 29.1 Å². The number of amides is 2. The van der Waals surface area contributed by atoms with Gasteiger partial charge >= 0.3 is 0 Å². The van der Waals surface area contributed by atoms with Crippen molar-refractivity contribution in [1.29, 1.82) is 0 Å². The maximum Gasteiger partial charge on any atom is 0.285 e. The molecule has 0 spiro atoms. The third-order valence-corrected chi connectivity index (χ3v) is 10.8. The predicted octanol–water partition coefficient (Wildman–Crippen LogP) is 8.78. The van der Waals surface area contributed by atoms with E-state index in [-0.39, 0.29) is 16.0 Å². The van der Waals surface area contributed by atoms with Gasteiger partial charge in [-0.1, -0.05) is 101 Å². The molecular formula is C37H33Cl2N7O2S3. The summed E-state index contributed by atoms with van der Waals surface area (Å²) in [6.45, 7) is 6.04. The average molecular weight is 775 g/mol. The van der Waals surface area contributed by atoms with Gasteiger partial charge in [-0.3, -0.25) is 19.6 Å². The number of hydrogen-bond acceptors (Lipinski definition) is 9.